The van der Waals surface area contributed by atoms with Gasteiger partial charge in [0.1, 0.15) is 12.2 Å². The number of hydrogen-bond donors (Lipinski definition) is 0. The maximum Gasteiger partial charge on any atom is 0.410 e. The Morgan fingerprint density at radius 1 is 0.970 bits per heavy atom. The van der Waals surface area contributed by atoms with Crippen LogP contribution in [0.25, 0.3) is 0 Å². The van der Waals surface area contributed by atoms with Crippen LogP contribution in [0.3, 0.4) is 0 Å². The van der Waals surface area contributed by atoms with Crippen LogP contribution in [0, 0.1) is 0 Å². The van der Waals surface area contributed by atoms with Gasteiger partial charge in [-0.05, 0) is 45.6 Å². The van der Waals surface area contributed by atoms with Gasteiger partial charge in [-0.3, -0.25) is 4.90 Å². The normalized spacial score (nSPS) is 23.5. The fourth-order valence-corrected chi connectivity index (χ4v) is 4.91. The summed E-state index contributed by atoms with van der Waals surface area (Å²) in [5.41, 5.74) is 0.374. The number of piperazine rings is 1. The van der Waals surface area contributed by atoms with Gasteiger partial charge in [-0.2, -0.15) is 0 Å². The zero-order chi connectivity index (χ0) is 23.5. The molecule has 1 aromatic rings. The Balaban J connectivity index is 1.20. The molecule has 3 heterocycles. The van der Waals surface area contributed by atoms with Gasteiger partial charge < -0.3 is 24.0 Å². The zero-order valence-corrected chi connectivity index (χ0v) is 20.1. The molecule has 4 rings (SSSR count). The van der Waals surface area contributed by atoms with Crippen LogP contribution in [0.4, 0.5) is 9.59 Å². The van der Waals surface area contributed by atoms with Gasteiger partial charge in [0.15, 0.2) is 0 Å². The monoisotopic (exact) mass is 459 g/mol. The van der Waals surface area contributed by atoms with Crippen molar-refractivity contribution >= 4 is 12.2 Å². The van der Waals surface area contributed by atoms with Crippen molar-refractivity contribution in [3.8, 4) is 0 Å². The summed E-state index contributed by atoms with van der Waals surface area (Å²) in [7, 11) is 0. The van der Waals surface area contributed by atoms with Crippen molar-refractivity contribution < 1.29 is 23.8 Å². The van der Waals surface area contributed by atoms with E-state index in [1.165, 1.54) is 0 Å². The van der Waals surface area contributed by atoms with E-state index in [9.17, 15) is 9.59 Å². The summed E-state index contributed by atoms with van der Waals surface area (Å²) in [4.78, 5) is 30.8. The number of rotatable bonds is 3. The minimum Gasteiger partial charge on any atom is -0.445 e. The number of nitrogens with zero attached hydrogens (tertiary/aromatic N) is 3. The number of likely N-dealkylation sites (tertiary alicyclic amines) is 1. The number of ether oxygens (including phenoxy) is 3. The van der Waals surface area contributed by atoms with E-state index in [1.54, 1.807) is 9.80 Å². The maximum atomic E-state index is 12.5. The minimum absolute atomic E-state index is 0.150. The fraction of sp³-hybridized carbons (Fsp3) is 0.680. The van der Waals surface area contributed by atoms with Crippen molar-refractivity contribution in [2.75, 3.05) is 45.9 Å². The van der Waals surface area contributed by atoms with Crippen LogP contribution >= 0.6 is 0 Å². The lowest BCUT2D eigenvalue weighted by Crippen LogP contribution is -2.53. The molecule has 0 N–H and O–H groups in total. The lowest BCUT2D eigenvalue weighted by Gasteiger charge is -2.40. The highest BCUT2D eigenvalue weighted by Gasteiger charge is 2.45. The highest BCUT2D eigenvalue weighted by Crippen LogP contribution is 2.38. The molecule has 33 heavy (non-hydrogen) atoms. The van der Waals surface area contributed by atoms with Crippen molar-refractivity contribution in [3.63, 3.8) is 0 Å². The van der Waals surface area contributed by atoms with Gasteiger partial charge in [-0.1, -0.05) is 30.3 Å². The van der Waals surface area contributed by atoms with E-state index in [4.69, 9.17) is 14.2 Å². The average molecular weight is 460 g/mol. The van der Waals surface area contributed by atoms with Crippen molar-refractivity contribution in [1.82, 2.24) is 14.7 Å². The maximum absolute atomic E-state index is 12.5. The molecule has 1 atom stereocenters. The SMILES string of the molecule is CC(C)(C)OC(=O)N1CCN(C2COC3(CCN(C(=O)OCc4ccccc4)CC3)C2)CC1. The minimum atomic E-state index is -0.470. The molecular weight excluding hydrogens is 422 g/mol. The molecule has 0 aromatic heterocycles. The summed E-state index contributed by atoms with van der Waals surface area (Å²) >= 11 is 0. The summed E-state index contributed by atoms with van der Waals surface area (Å²) in [6.07, 6.45) is 2.17. The van der Waals surface area contributed by atoms with Crippen LogP contribution in [0.2, 0.25) is 0 Å². The zero-order valence-electron chi connectivity index (χ0n) is 20.1. The summed E-state index contributed by atoms with van der Waals surface area (Å²) in [6, 6.07) is 10.1. The number of carbonyl (C=O) groups excluding carboxylic acids is 2. The highest BCUT2D eigenvalue weighted by molar-refractivity contribution is 5.68. The Hall–Kier alpha value is -2.32. The Kier molecular flexibility index (Phi) is 7.14. The highest BCUT2D eigenvalue weighted by atomic mass is 16.6. The Morgan fingerprint density at radius 2 is 1.61 bits per heavy atom. The van der Waals surface area contributed by atoms with E-state index >= 15 is 0 Å². The molecule has 0 saturated carbocycles. The molecule has 3 aliphatic rings. The fourth-order valence-electron chi connectivity index (χ4n) is 4.91. The van der Waals surface area contributed by atoms with Crippen LogP contribution < -0.4 is 0 Å². The summed E-state index contributed by atoms with van der Waals surface area (Å²) in [5.74, 6) is 0. The summed E-state index contributed by atoms with van der Waals surface area (Å²) in [6.45, 7) is 11.0. The molecule has 0 bridgehead atoms. The third kappa shape index (κ3) is 6.18. The van der Waals surface area contributed by atoms with Crippen LogP contribution in [-0.2, 0) is 20.8 Å². The first-order chi connectivity index (χ1) is 15.7. The molecule has 3 saturated heterocycles. The number of carbonyl (C=O) groups is 2. The average Bonchev–Trinajstić information content (AvgIpc) is 3.21. The molecule has 8 heteroatoms. The van der Waals surface area contributed by atoms with E-state index in [0.717, 1.165) is 37.9 Å². The van der Waals surface area contributed by atoms with E-state index in [0.29, 0.717) is 45.4 Å². The smallest absolute Gasteiger partial charge is 0.410 e. The molecule has 2 amide bonds. The molecule has 182 valence electrons. The lowest BCUT2D eigenvalue weighted by molar-refractivity contribution is -0.0428. The second-order valence-corrected chi connectivity index (χ2v) is 10.4. The molecule has 0 aliphatic carbocycles. The Bertz CT molecular complexity index is 809. The van der Waals surface area contributed by atoms with Gasteiger partial charge >= 0.3 is 12.2 Å². The number of hydrogen-bond acceptors (Lipinski definition) is 6. The van der Waals surface area contributed by atoms with E-state index in [1.807, 2.05) is 51.1 Å². The number of amides is 2. The number of piperidine rings is 1. The van der Waals surface area contributed by atoms with Crippen molar-refractivity contribution in [3.05, 3.63) is 35.9 Å². The van der Waals surface area contributed by atoms with Crippen LogP contribution in [0.5, 0.6) is 0 Å². The van der Waals surface area contributed by atoms with E-state index < -0.39 is 5.60 Å². The van der Waals surface area contributed by atoms with Crippen molar-refractivity contribution in [2.45, 2.75) is 63.9 Å². The van der Waals surface area contributed by atoms with Gasteiger partial charge in [0.2, 0.25) is 0 Å². The van der Waals surface area contributed by atoms with E-state index in [-0.39, 0.29) is 17.8 Å². The molecular formula is C25H37N3O5. The quantitative estimate of drug-likeness (QED) is 0.689. The van der Waals surface area contributed by atoms with Gasteiger partial charge in [0.25, 0.3) is 0 Å². The van der Waals surface area contributed by atoms with Crippen LogP contribution in [-0.4, -0.2) is 90.0 Å². The second kappa shape index (κ2) is 9.89. The first-order valence-electron chi connectivity index (χ1n) is 12.0. The Labute approximate surface area is 196 Å². The topological polar surface area (TPSA) is 71.6 Å². The third-order valence-electron chi connectivity index (χ3n) is 6.81. The van der Waals surface area contributed by atoms with Gasteiger partial charge in [-0.25, -0.2) is 9.59 Å². The standard InChI is InChI=1S/C25H37N3O5/c1-24(2,3)33-23(30)28-15-13-26(14-16-28)21-17-25(32-19-21)9-11-27(12-10-25)22(29)31-18-20-7-5-4-6-8-20/h4-8,21H,9-19H2,1-3H3. The largest absolute Gasteiger partial charge is 0.445 e. The predicted molar refractivity (Wildman–Crippen MR) is 124 cm³/mol. The van der Waals surface area contributed by atoms with Gasteiger partial charge in [0.05, 0.1) is 12.2 Å². The van der Waals surface area contributed by atoms with Gasteiger partial charge in [-0.15, -0.1) is 0 Å². The molecule has 3 fully saturated rings. The first-order valence-corrected chi connectivity index (χ1v) is 12.0. The third-order valence-corrected chi connectivity index (χ3v) is 6.81. The molecule has 1 aromatic carbocycles. The second-order valence-electron chi connectivity index (χ2n) is 10.4. The van der Waals surface area contributed by atoms with Crippen molar-refractivity contribution in [2.24, 2.45) is 0 Å². The molecule has 0 radical (unpaired) electrons. The van der Waals surface area contributed by atoms with Crippen LogP contribution in [0.15, 0.2) is 30.3 Å². The van der Waals surface area contributed by atoms with Crippen LogP contribution in [0.1, 0.15) is 45.6 Å². The molecule has 8 nitrogen and oxygen atoms in total. The Morgan fingerprint density at radius 3 is 2.24 bits per heavy atom. The van der Waals surface area contributed by atoms with E-state index in [2.05, 4.69) is 4.90 Å². The number of benzene rings is 1. The van der Waals surface area contributed by atoms with Crippen molar-refractivity contribution in [1.29, 1.82) is 0 Å². The lowest BCUT2D eigenvalue weighted by atomic mass is 9.87. The molecule has 3 aliphatic heterocycles. The summed E-state index contributed by atoms with van der Waals surface area (Å²) in [5, 5.41) is 0. The molecule has 1 unspecified atom stereocenters. The summed E-state index contributed by atoms with van der Waals surface area (Å²) < 4.78 is 17.3. The first kappa shape index (κ1) is 23.8. The predicted octanol–water partition coefficient (Wildman–Crippen LogP) is 3.50. The molecule has 1 spiro atoms. The van der Waals surface area contributed by atoms with Gasteiger partial charge in [0, 0.05) is 45.3 Å².